The minimum atomic E-state index is -0.988. The van der Waals surface area contributed by atoms with Gasteiger partial charge in [-0.2, -0.15) is 0 Å². The van der Waals surface area contributed by atoms with Gasteiger partial charge in [0.1, 0.15) is 16.9 Å². The van der Waals surface area contributed by atoms with Gasteiger partial charge in [0.25, 0.3) is 5.56 Å². The van der Waals surface area contributed by atoms with E-state index < -0.39 is 23.2 Å². The second-order valence-electron chi connectivity index (χ2n) is 9.51. The van der Waals surface area contributed by atoms with E-state index in [0.717, 1.165) is 25.1 Å². The summed E-state index contributed by atoms with van der Waals surface area (Å²) in [6, 6.07) is 3.43. The number of pyridine rings is 1. The summed E-state index contributed by atoms with van der Waals surface area (Å²) in [6.45, 7) is 6.82. The average molecular weight is 404 g/mol. The van der Waals surface area contributed by atoms with E-state index in [4.69, 9.17) is 14.2 Å². The minimum Gasteiger partial charge on any atom is -0.493 e. The van der Waals surface area contributed by atoms with Gasteiger partial charge in [-0.3, -0.25) is 9.69 Å². The highest BCUT2D eigenvalue weighted by Gasteiger charge is 2.72. The Bertz CT molecular complexity index is 907. The predicted molar refractivity (Wildman–Crippen MR) is 104 cm³/mol. The molecule has 0 radical (unpaired) electrons. The van der Waals surface area contributed by atoms with Gasteiger partial charge >= 0.3 is 12.1 Å². The third kappa shape index (κ3) is 3.28. The largest absolute Gasteiger partial charge is 0.493 e. The molecule has 1 aromatic rings. The molecule has 0 aromatic carbocycles. The highest BCUT2D eigenvalue weighted by atomic mass is 16.6. The first-order valence-electron chi connectivity index (χ1n) is 10.0. The maximum Gasteiger partial charge on any atom is 0.411 e. The van der Waals surface area contributed by atoms with Crippen molar-refractivity contribution in [2.75, 3.05) is 20.3 Å². The molecule has 4 aliphatic rings. The summed E-state index contributed by atoms with van der Waals surface area (Å²) in [5, 5.41) is 0. The normalized spacial score (nSPS) is 27.2. The van der Waals surface area contributed by atoms with Crippen molar-refractivity contribution in [3.8, 4) is 5.75 Å². The summed E-state index contributed by atoms with van der Waals surface area (Å²) in [4.78, 5) is 38.9. The zero-order valence-corrected chi connectivity index (χ0v) is 17.4. The van der Waals surface area contributed by atoms with Gasteiger partial charge in [0.05, 0.1) is 13.7 Å². The molecule has 8 heteroatoms. The molecular formula is C21H28N2O6. The lowest BCUT2D eigenvalue weighted by molar-refractivity contribution is -0.159. The molecule has 0 spiro atoms. The molecule has 0 unspecified atom stereocenters. The molecule has 2 saturated heterocycles. The van der Waals surface area contributed by atoms with Crippen LogP contribution in [0.1, 0.15) is 45.7 Å². The quantitative estimate of drug-likeness (QED) is 0.715. The molecule has 1 saturated carbocycles. The first kappa shape index (κ1) is 19.8. The van der Waals surface area contributed by atoms with Crippen molar-refractivity contribution in [1.82, 2.24) is 9.47 Å². The summed E-state index contributed by atoms with van der Waals surface area (Å²) in [6.07, 6.45) is 2.26. The maximum absolute atomic E-state index is 12.7. The SMILES string of the molecule is COC(=O)C12CC(COc3cc4n(c(=O)c3)CCC4)(CN1C(=O)OC(C)(C)C)C2. The van der Waals surface area contributed by atoms with Crippen LogP contribution in [0.2, 0.25) is 0 Å². The molecule has 1 amide bonds. The zero-order chi connectivity index (χ0) is 21.0. The molecule has 5 rings (SSSR count). The number of hydrogen-bond donors (Lipinski definition) is 0. The number of methoxy groups -OCH3 is 1. The number of carbonyl (C=O) groups is 2. The van der Waals surface area contributed by atoms with Gasteiger partial charge < -0.3 is 18.8 Å². The average Bonchev–Trinajstić information content (AvgIpc) is 3.28. The molecule has 3 aliphatic heterocycles. The number of fused-ring (bicyclic) bond motifs is 2. The first-order chi connectivity index (χ1) is 13.6. The monoisotopic (exact) mass is 404 g/mol. The third-order valence-corrected chi connectivity index (χ3v) is 6.07. The summed E-state index contributed by atoms with van der Waals surface area (Å²) in [5.74, 6) is 0.121. The van der Waals surface area contributed by atoms with Crippen LogP contribution < -0.4 is 10.3 Å². The van der Waals surface area contributed by atoms with Crippen LogP contribution in [-0.2, 0) is 27.2 Å². The van der Waals surface area contributed by atoms with E-state index >= 15 is 0 Å². The van der Waals surface area contributed by atoms with Crippen molar-refractivity contribution in [3.05, 3.63) is 28.2 Å². The fraction of sp³-hybridized carbons (Fsp3) is 0.667. The minimum absolute atomic E-state index is 0.0492. The summed E-state index contributed by atoms with van der Waals surface area (Å²) >= 11 is 0. The van der Waals surface area contributed by atoms with Crippen molar-refractivity contribution in [3.63, 3.8) is 0 Å². The van der Waals surface area contributed by atoms with Crippen LogP contribution in [0.5, 0.6) is 5.75 Å². The van der Waals surface area contributed by atoms with Crippen LogP contribution in [0.15, 0.2) is 16.9 Å². The standard InChI is InChI=1S/C21H28N2O6/c1-19(2,3)29-18(26)23-12-20(10-21(23,11-20)17(25)27-4)13-28-15-8-14-6-5-7-22(14)16(24)9-15/h8-9H,5-7,10-13H2,1-4H3. The second-order valence-corrected chi connectivity index (χ2v) is 9.51. The Hall–Kier alpha value is -2.51. The van der Waals surface area contributed by atoms with Crippen LogP contribution in [0.3, 0.4) is 0 Å². The number of amides is 1. The molecule has 4 heterocycles. The molecule has 8 nitrogen and oxygen atoms in total. The Morgan fingerprint density at radius 1 is 1.21 bits per heavy atom. The van der Waals surface area contributed by atoms with Gasteiger partial charge in [0, 0.05) is 30.3 Å². The van der Waals surface area contributed by atoms with Crippen LogP contribution in [0.4, 0.5) is 4.79 Å². The van der Waals surface area contributed by atoms with Gasteiger partial charge in [-0.25, -0.2) is 9.59 Å². The van der Waals surface area contributed by atoms with Gasteiger partial charge in [0.15, 0.2) is 0 Å². The fourth-order valence-corrected chi connectivity index (χ4v) is 4.95. The van der Waals surface area contributed by atoms with Crippen LogP contribution >= 0.6 is 0 Å². The number of ether oxygens (including phenoxy) is 3. The van der Waals surface area contributed by atoms with Crippen molar-refractivity contribution in [2.45, 2.75) is 64.1 Å². The Morgan fingerprint density at radius 2 is 1.93 bits per heavy atom. The van der Waals surface area contributed by atoms with Gasteiger partial charge in [-0.1, -0.05) is 0 Å². The summed E-state index contributed by atoms with van der Waals surface area (Å²) < 4.78 is 18.2. The molecule has 2 bridgehead atoms. The zero-order valence-electron chi connectivity index (χ0n) is 17.4. The lowest BCUT2D eigenvalue weighted by Gasteiger charge is -2.44. The maximum atomic E-state index is 12.7. The highest BCUT2D eigenvalue weighted by Crippen LogP contribution is 2.60. The van der Waals surface area contributed by atoms with Crippen LogP contribution in [0, 0.1) is 5.41 Å². The Morgan fingerprint density at radius 3 is 2.59 bits per heavy atom. The molecule has 29 heavy (non-hydrogen) atoms. The van der Waals surface area contributed by atoms with E-state index in [1.807, 2.05) is 6.07 Å². The summed E-state index contributed by atoms with van der Waals surface area (Å²) in [5.41, 5.74) is -1.05. The highest BCUT2D eigenvalue weighted by molar-refractivity contribution is 5.89. The van der Waals surface area contributed by atoms with Crippen LogP contribution in [0.25, 0.3) is 0 Å². The first-order valence-corrected chi connectivity index (χ1v) is 10.0. The number of carbonyl (C=O) groups excluding carboxylic acids is 2. The van der Waals surface area contributed by atoms with Gasteiger partial charge in [0.2, 0.25) is 0 Å². The van der Waals surface area contributed by atoms with Crippen molar-refractivity contribution < 1.29 is 23.8 Å². The number of hydrogen-bond acceptors (Lipinski definition) is 6. The Kier molecular flexibility index (Phi) is 4.44. The lowest BCUT2D eigenvalue weighted by Crippen LogP contribution is -2.58. The smallest absolute Gasteiger partial charge is 0.411 e. The third-order valence-electron chi connectivity index (χ3n) is 6.07. The van der Waals surface area contributed by atoms with Crippen molar-refractivity contribution in [1.29, 1.82) is 0 Å². The van der Waals surface area contributed by atoms with E-state index in [2.05, 4.69) is 0 Å². The Balaban J connectivity index is 1.50. The van der Waals surface area contributed by atoms with Gasteiger partial charge in [-0.15, -0.1) is 0 Å². The molecule has 158 valence electrons. The number of nitrogens with zero attached hydrogens (tertiary/aromatic N) is 2. The molecule has 3 fully saturated rings. The number of aryl methyl sites for hydroxylation is 1. The van der Waals surface area contributed by atoms with E-state index in [0.29, 0.717) is 31.7 Å². The molecule has 0 N–H and O–H groups in total. The van der Waals surface area contributed by atoms with Crippen molar-refractivity contribution >= 4 is 12.1 Å². The van der Waals surface area contributed by atoms with E-state index in [9.17, 15) is 14.4 Å². The second kappa shape index (κ2) is 6.50. The van der Waals surface area contributed by atoms with Gasteiger partial charge in [-0.05, 0) is 52.5 Å². The molecule has 1 aliphatic carbocycles. The predicted octanol–water partition coefficient (Wildman–Crippen LogP) is 2.12. The Labute approximate surface area is 169 Å². The van der Waals surface area contributed by atoms with Crippen molar-refractivity contribution in [2.24, 2.45) is 5.41 Å². The van der Waals surface area contributed by atoms with E-state index in [1.165, 1.54) is 18.1 Å². The van der Waals surface area contributed by atoms with E-state index in [1.54, 1.807) is 25.3 Å². The number of aromatic nitrogens is 1. The topological polar surface area (TPSA) is 87.1 Å². The van der Waals surface area contributed by atoms with Crippen LogP contribution in [-0.4, -0.2) is 52.9 Å². The molecule has 0 atom stereocenters. The fourth-order valence-electron chi connectivity index (χ4n) is 4.95. The number of esters is 1. The molecule has 1 aromatic heterocycles. The lowest BCUT2D eigenvalue weighted by atomic mass is 9.62. The molecular weight excluding hydrogens is 376 g/mol. The summed E-state index contributed by atoms with van der Waals surface area (Å²) in [7, 11) is 1.33. The van der Waals surface area contributed by atoms with E-state index in [-0.39, 0.29) is 11.0 Å². The number of rotatable bonds is 4.